The summed E-state index contributed by atoms with van der Waals surface area (Å²) in [6.07, 6.45) is 5.34. The van der Waals surface area contributed by atoms with Crippen LogP contribution in [0.4, 0.5) is 9.80 Å². The first-order valence-corrected chi connectivity index (χ1v) is 15.7. The third kappa shape index (κ3) is 7.84. The van der Waals surface area contributed by atoms with E-state index in [2.05, 4.69) is 43.4 Å². The van der Waals surface area contributed by atoms with Gasteiger partial charge >= 0.3 is 219 Å². The van der Waals surface area contributed by atoms with Crippen molar-refractivity contribution in [2.45, 2.75) is 74.8 Å². The molecule has 0 aliphatic heterocycles. The first kappa shape index (κ1) is 27.3. The van der Waals surface area contributed by atoms with Gasteiger partial charge in [0.1, 0.15) is 0 Å². The number of ether oxygens (including phenoxy) is 1. The van der Waals surface area contributed by atoms with Crippen LogP contribution in [-0.2, 0) is 14.7 Å². The molecule has 1 aromatic carbocycles. The van der Waals surface area contributed by atoms with Gasteiger partial charge in [-0.1, -0.05) is 0 Å². The van der Waals surface area contributed by atoms with Gasteiger partial charge < -0.3 is 0 Å². The number of amides is 3. The minimum atomic E-state index is -0.732. The van der Waals surface area contributed by atoms with Crippen LogP contribution in [-0.4, -0.2) is 39.8 Å². The number of nitrogens with two attached hydrogens (primary N) is 2. The van der Waals surface area contributed by atoms with E-state index in [1.54, 1.807) is 6.07 Å². The molecule has 7 nitrogen and oxygen atoms in total. The zero-order chi connectivity index (χ0) is 25.5. The molecular formula is C26H36AsN3O4S. The van der Waals surface area contributed by atoms with Gasteiger partial charge in [0.25, 0.3) is 0 Å². The van der Waals surface area contributed by atoms with E-state index in [0.29, 0.717) is 10.9 Å². The van der Waals surface area contributed by atoms with Crippen molar-refractivity contribution in [1.29, 1.82) is 0 Å². The zero-order valence-electron chi connectivity index (χ0n) is 20.6. The number of carbonyl (C=O) groups excluding carboxylic acids is 3. The Labute approximate surface area is 218 Å². The molecule has 9 heteroatoms. The van der Waals surface area contributed by atoms with E-state index in [1.165, 1.54) is 16.9 Å². The van der Waals surface area contributed by atoms with Gasteiger partial charge in [0.15, 0.2) is 0 Å². The summed E-state index contributed by atoms with van der Waals surface area (Å²) >= 11 is 0.765. The SMILES string of the molecule is CC(C)CC([AsH]Cc1ccc(C(C)c2cc(C(N)=O)c(NC(N)=O)s2)cc1)C(=O)OC1CCCC1. The summed E-state index contributed by atoms with van der Waals surface area (Å²) in [5, 5.41) is 3.79. The quantitative estimate of drug-likeness (QED) is 0.271. The number of urea groups is 1. The van der Waals surface area contributed by atoms with Crippen molar-refractivity contribution in [2.75, 3.05) is 5.32 Å². The maximum absolute atomic E-state index is 12.8. The zero-order valence-corrected chi connectivity index (χ0v) is 23.5. The van der Waals surface area contributed by atoms with Crippen LogP contribution in [0.5, 0.6) is 0 Å². The molecule has 1 heterocycles. The van der Waals surface area contributed by atoms with E-state index in [1.807, 2.05) is 6.92 Å². The van der Waals surface area contributed by atoms with Gasteiger partial charge in [0, 0.05) is 0 Å². The fourth-order valence-electron chi connectivity index (χ4n) is 4.33. The van der Waals surface area contributed by atoms with Gasteiger partial charge in [0.2, 0.25) is 0 Å². The summed E-state index contributed by atoms with van der Waals surface area (Å²) in [7, 11) is 0. The van der Waals surface area contributed by atoms with Crippen molar-refractivity contribution in [1.82, 2.24) is 0 Å². The fourth-order valence-corrected chi connectivity index (χ4v) is 8.81. The second-order valence-electron chi connectivity index (χ2n) is 9.61. The molecule has 3 unspecified atom stereocenters. The van der Waals surface area contributed by atoms with Crippen molar-refractivity contribution in [3.05, 3.63) is 51.9 Å². The Balaban J connectivity index is 1.64. The van der Waals surface area contributed by atoms with Gasteiger partial charge in [0.05, 0.1) is 0 Å². The van der Waals surface area contributed by atoms with Crippen LogP contribution in [0.25, 0.3) is 0 Å². The molecule has 2 aromatic rings. The summed E-state index contributed by atoms with van der Waals surface area (Å²) in [5.74, 6) is -0.111. The molecule has 1 fully saturated rings. The normalized spacial score (nSPS) is 16.0. The number of hydrogen-bond donors (Lipinski definition) is 3. The average Bonchev–Trinajstić information content (AvgIpc) is 3.46. The van der Waals surface area contributed by atoms with Crippen molar-refractivity contribution in [2.24, 2.45) is 17.4 Å². The topological polar surface area (TPSA) is 125 Å². The predicted molar refractivity (Wildman–Crippen MR) is 142 cm³/mol. The Hall–Kier alpha value is -2.31. The average molecular weight is 562 g/mol. The molecule has 0 spiro atoms. The summed E-state index contributed by atoms with van der Waals surface area (Å²) in [6.45, 7) is 6.37. The molecular weight excluding hydrogens is 525 g/mol. The summed E-state index contributed by atoms with van der Waals surface area (Å²) in [6, 6.07) is 9.40. The van der Waals surface area contributed by atoms with Gasteiger partial charge in [-0.2, -0.15) is 0 Å². The molecule has 3 rings (SSSR count). The number of nitrogens with one attached hydrogen (secondary N) is 1. The second kappa shape index (κ2) is 12.6. The number of benzene rings is 1. The predicted octanol–water partition coefficient (Wildman–Crippen LogP) is 4.75. The van der Waals surface area contributed by atoms with Crippen LogP contribution < -0.4 is 16.8 Å². The Bertz CT molecular complexity index is 1030. The Morgan fingerprint density at radius 3 is 2.34 bits per heavy atom. The number of thiophene rings is 1. The second-order valence-corrected chi connectivity index (χ2v) is 13.8. The summed E-state index contributed by atoms with van der Waals surface area (Å²) < 4.78 is 5.89. The number of primary amides is 2. The van der Waals surface area contributed by atoms with Crippen molar-refractivity contribution < 1.29 is 19.1 Å². The van der Waals surface area contributed by atoms with Crippen LogP contribution in [0.15, 0.2) is 30.3 Å². The van der Waals surface area contributed by atoms with Crippen LogP contribution >= 0.6 is 11.3 Å². The molecule has 1 saturated carbocycles. The number of anilines is 1. The van der Waals surface area contributed by atoms with Gasteiger partial charge in [-0.3, -0.25) is 0 Å². The molecule has 1 aromatic heterocycles. The standard InChI is InChI=1S/C26H36AsN3O4S/c1-15(2)12-21(25(32)34-19-6-4-5-7-19)27-14-17-8-10-18(11-9-17)16(3)22-13-20(23(28)31)24(35-22)30-26(29)33/h8-11,13,15-16,19,21,27H,4-7,12,14H2,1-3H3,(H2,28,31)(H3,29,30,33). The molecule has 1 aliphatic carbocycles. The van der Waals surface area contributed by atoms with E-state index in [9.17, 15) is 14.4 Å². The third-order valence-corrected chi connectivity index (χ3v) is 10.8. The molecule has 0 radical (unpaired) electrons. The molecule has 190 valence electrons. The first-order chi connectivity index (χ1) is 16.6. The van der Waals surface area contributed by atoms with Crippen LogP contribution in [0.1, 0.15) is 85.2 Å². The Kier molecular flexibility index (Phi) is 9.81. The Morgan fingerprint density at radius 2 is 1.77 bits per heavy atom. The molecule has 3 atom stereocenters. The number of esters is 1. The number of rotatable bonds is 11. The van der Waals surface area contributed by atoms with E-state index in [-0.39, 0.29) is 28.3 Å². The van der Waals surface area contributed by atoms with E-state index in [0.717, 1.165) is 47.8 Å². The molecule has 35 heavy (non-hydrogen) atoms. The van der Waals surface area contributed by atoms with E-state index in [4.69, 9.17) is 16.2 Å². The van der Waals surface area contributed by atoms with Gasteiger partial charge in [-0.05, 0) is 0 Å². The van der Waals surface area contributed by atoms with E-state index < -0.39 is 27.7 Å². The molecule has 0 saturated heterocycles. The van der Waals surface area contributed by atoms with Gasteiger partial charge in [-0.15, -0.1) is 0 Å². The molecule has 1 aliphatic rings. The first-order valence-electron chi connectivity index (χ1n) is 12.2. The fraction of sp³-hybridized carbons (Fsp3) is 0.500. The summed E-state index contributed by atoms with van der Waals surface area (Å²) in [5.41, 5.74) is 13.3. The van der Waals surface area contributed by atoms with Crippen LogP contribution in [0.2, 0.25) is 4.71 Å². The number of hydrogen-bond acceptors (Lipinski definition) is 5. The summed E-state index contributed by atoms with van der Waals surface area (Å²) in [4.78, 5) is 36.8. The molecule has 3 amide bonds. The minimum absolute atomic E-state index is 0.0131. The van der Waals surface area contributed by atoms with Crippen molar-refractivity contribution in [3.63, 3.8) is 0 Å². The van der Waals surface area contributed by atoms with Crippen molar-refractivity contribution in [3.8, 4) is 0 Å². The number of carbonyl (C=O) groups is 3. The molecule has 5 N–H and O–H groups in total. The maximum atomic E-state index is 12.8. The van der Waals surface area contributed by atoms with Crippen LogP contribution in [0, 0.1) is 5.92 Å². The Morgan fingerprint density at radius 1 is 1.11 bits per heavy atom. The van der Waals surface area contributed by atoms with Crippen molar-refractivity contribution >= 4 is 50.0 Å². The van der Waals surface area contributed by atoms with E-state index >= 15 is 0 Å². The third-order valence-electron chi connectivity index (χ3n) is 6.29. The molecule has 0 bridgehead atoms. The monoisotopic (exact) mass is 561 g/mol. The van der Waals surface area contributed by atoms with Crippen LogP contribution in [0.3, 0.4) is 0 Å². The van der Waals surface area contributed by atoms with Gasteiger partial charge in [-0.25, -0.2) is 0 Å².